The Hall–Kier alpha value is -2.03. The van der Waals surface area contributed by atoms with E-state index in [1.165, 1.54) is 17.4 Å². The Morgan fingerprint density at radius 2 is 1.67 bits per heavy atom. The van der Waals surface area contributed by atoms with E-state index in [0.29, 0.717) is 25.7 Å². The summed E-state index contributed by atoms with van der Waals surface area (Å²) >= 11 is 1.53. The number of Topliss-reactive ketones (excluding diaryl/α,β-unsaturated/α-hetero) is 1. The zero-order valence-electron chi connectivity index (χ0n) is 25.7. The number of aryl methyl sites for hydroxylation is 1. The third kappa shape index (κ3) is 12.8. The van der Waals surface area contributed by atoms with Crippen molar-refractivity contribution in [2.45, 2.75) is 120 Å². The second kappa shape index (κ2) is 19.1. The molecule has 6 unspecified atom stereocenters. The van der Waals surface area contributed by atoms with Gasteiger partial charge in [0.1, 0.15) is 11.9 Å². The summed E-state index contributed by atoms with van der Waals surface area (Å²) in [5.41, 5.74) is 1.59. The van der Waals surface area contributed by atoms with Crippen molar-refractivity contribution in [2.24, 2.45) is 23.7 Å². The molecule has 224 valence electrons. The second-order valence-corrected chi connectivity index (χ2v) is 11.2. The van der Waals surface area contributed by atoms with E-state index in [0.717, 1.165) is 16.3 Å². The fourth-order valence-electron chi connectivity index (χ4n) is 4.32. The first kappa shape index (κ1) is 37.0. The van der Waals surface area contributed by atoms with Gasteiger partial charge in [0.25, 0.3) is 0 Å². The van der Waals surface area contributed by atoms with Gasteiger partial charge in [-0.05, 0) is 56.8 Å². The third-order valence-corrected chi connectivity index (χ3v) is 7.74. The maximum Gasteiger partial charge on any atom is 0.309 e. The topological polar surface area (TPSA) is 117 Å². The first-order valence-electron chi connectivity index (χ1n) is 14.5. The monoisotopic (exact) mass is 567 g/mol. The van der Waals surface area contributed by atoms with Crippen molar-refractivity contribution in [1.82, 2.24) is 4.98 Å². The fraction of sp³-hybridized carbons (Fsp3) is 0.710. The molecule has 0 aromatic carbocycles. The van der Waals surface area contributed by atoms with E-state index in [1.807, 2.05) is 66.8 Å². The molecular formula is C31H53NO6S. The average Bonchev–Trinajstić information content (AvgIpc) is 3.32. The number of aliphatic hydroxyl groups is 3. The van der Waals surface area contributed by atoms with Crippen LogP contribution in [-0.2, 0) is 14.3 Å². The molecule has 0 saturated carbocycles. The number of ketones is 1. The SMILES string of the molecule is C/C(=C\c1csc(C)n1)[C@@H]1CC(C)C(O)CCCC(C)C(O)=CC(C)C(=O)C(C)C(O)CC(=O)O1.CC.CC. The van der Waals surface area contributed by atoms with Crippen molar-refractivity contribution in [1.29, 1.82) is 0 Å². The van der Waals surface area contributed by atoms with E-state index in [1.54, 1.807) is 13.8 Å². The lowest BCUT2D eigenvalue weighted by Gasteiger charge is -2.26. The first-order chi connectivity index (χ1) is 18.4. The number of nitrogens with zero attached hydrogens (tertiary/aromatic N) is 1. The van der Waals surface area contributed by atoms with Gasteiger partial charge in [-0.1, -0.05) is 61.8 Å². The Morgan fingerprint density at radius 1 is 1.05 bits per heavy atom. The van der Waals surface area contributed by atoms with Crippen LogP contribution >= 0.6 is 11.3 Å². The molecule has 0 saturated heterocycles. The molecule has 2 rings (SSSR count). The zero-order chi connectivity index (χ0) is 30.3. The lowest BCUT2D eigenvalue weighted by atomic mass is 9.88. The second-order valence-electron chi connectivity index (χ2n) is 10.1. The van der Waals surface area contributed by atoms with Crippen LogP contribution in [0.4, 0.5) is 0 Å². The van der Waals surface area contributed by atoms with Gasteiger partial charge in [-0.25, -0.2) is 4.98 Å². The number of carbonyl (C=O) groups excluding carboxylic acids is 2. The number of aromatic nitrogens is 1. The third-order valence-electron chi connectivity index (χ3n) is 6.95. The van der Waals surface area contributed by atoms with Gasteiger partial charge in [-0.15, -0.1) is 11.3 Å². The number of esters is 1. The molecule has 0 radical (unpaired) electrons. The molecule has 2 heterocycles. The van der Waals surface area contributed by atoms with E-state index in [2.05, 4.69) is 4.98 Å². The predicted molar refractivity (Wildman–Crippen MR) is 161 cm³/mol. The minimum atomic E-state index is -1.20. The molecule has 7 nitrogen and oxygen atoms in total. The van der Waals surface area contributed by atoms with E-state index >= 15 is 0 Å². The molecule has 8 heteroatoms. The van der Waals surface area contributed by atoms with Gasteiger partial charge in [-0.2, -0.15) is 0 Å². The Morgan fingerprint density at radius 3 is 2.23 bits per heavy atom. The number of cyclic esters (lactones) is 1. The standard InChI is InChI=1S/C27H41NO6S.2C2H6/c1-15-8-7-9-22(29)16(2)12-25(17(3)10-21-14-35-20(6)28-21)34-26(32)13-24(31)19(5)27(33)18(4)11-23(15)30;2*1-2/h10-11,14-16,18-19,22,24-25,29-31H,7-9,12-13H2,1-6H3;2*1-2H3/b17-10+,23-11?;;/t15?,16?,18?,19?,22?,24?,25-;;/m0../s1. The fourth-order valence-corrected chi connectivity index (χ4v) is 4.89. The Kier molecular flexibility index (Phi) is 18.1. The van der Waals surface area contributed by atoms with Crippen molar-refractivity contribution in [3.63, 3.8) is 0 Å². The maximum atomic E-state index is 12.8. The molecule has 0 fully saturated rings. The molecule has 0 aliphatic carbocycles. The van der Waals surface area contributed by atoms with Crippen LogP contribution in [-0.4, -0.2) is 50.4 Å². The smallest absolute Gasteiger partial charge is 0.309 e. The molecule has 0 bridgehead atoms. The average molecular weight is 568 g/mol. The Labute approximate surface area is 240 Å². The van der Waals surface area contributed by atoms with Crippen molar-refractivity contribution in [3.05, 3.63) is 33.5 Å². The minimum Gasteiger partial charge on any atom is -0.512 e. The van der Waals surface area contributed by atoms with Crippen molar-refractivity contribution >= 4 is 29.2 Å². The van der Waals surface area contributed by atoms with Crippen molar-refractivity contribution in [2.75, 3.05) is 0 Å². The van der Waals surface area contributed by atoms with Crippen molar-refractivity contribution < 1.29 is 29.6 Å². The number of rotatable bonds is 2. The lowest BCUT2D eigenvalue weighted by molar-refractivity contribution is -0.151. The quantitative estimate of drug-likeness (QED) is 0.328. The van der Waals surface area contributed by atoms with E-state index in [-0.39, 0.29) is 29.8 Å². The molecule has 39 heavy (non-hydrogen) atoms. The van der Waals surface area contributed by atoms with Crippen LogP contribution in [0.3, 0.4) is 0 Å². The lowest BCUT2D eigenvalue weighted by Crippen LogP contribution is -2.33. The Bertz CT molecular complexity index is 924. The van der Waals surface area contributed by atoms with Crippen LogP contribution in [0.15, 0.2) is 22.8 Å². The van der Waals surface area contributed by atoms with Gasteiger partial charge in [0.2, 0.25) is 0 Å². The molecule has 1 aromatic rings. The molecule has 1 aliphatic heterocycles. The van der Waals surface area contributed by atoms with Gasteiger partial charge in [0, 0.05) is 23.1 Å². The van der Waals surface area contributed by atoms with E-state index in [4.69, 9.17) is 4.74 Å². The van der Waals surface area contributed by atoms with Crippen LogP contribution < -0.4 is 0 Å². The molecular weight excluding hydrogens is 514 g/mol. The zero-order valence-corrected chi connectivity index (χ0v) is 26.5. The molecule has 1 aromatic heterocycles. The number of allylic oxidation sites excluding steroid dienone is 2. The Balaban J connectivity index is 0.00000344. The minimum absolute atomic E-state index is 0.136. The summed E-state index contributed by atoms with van der Waals surface area (Å²) in [6.07, 6.45) is 3.05. The van der Waals surface area contributed by atoms with Crippen LogP contribution in [0.5, 0.6) is 0 Å². The highest BCUT2D eigenvalue weighted by Gasteiger charge is 2.30. The number of hydrogen-bond acceptors (Lipinski definition) is 8. The maximum absolute atomic E-state index is 12.8. The number of carbonyl (C=O) groups is 2. The largest absolute Gasteiger partial charge is 0.512 e. The highest BCUT2D eigenvalue weighted by atomic mass is 32.1. The van der Waals surface area contributed by atoms with Gasteiger partial charge in [0.05, 0.1) is 35.1 Å². The van der Waals surface area contributed by atoms with Crippen LogP contribution in [0.1, 0.15) is 105 Å². The van der Waals surface area contributed by atoms with Crippen LogP contribution in [0, 0.1) is 30.6 Å². The summed E-state index contributed by atoms with van der Waals surface area (Å²) in [6, 6.07) is 0. The van der Waals surface area contributed by atoms with E-state index < -0.39 is 36.1 Å². The molecule has 1 aliphatic rings. The summed E-state index contributed by atoms with van der Waals surface area (Å²) in [5, 5.41) is 34.7. The highest BCUT2D eigenvalue weighted by Crippen LogP contribution is 2.27. The summed E-state index contributed by atoms with van der Waals surface area (Å²) in [4.78, 5) is 30.0. The van der Waals surface area contributed by atoms with Gasteiger partial charge < -0.3 is 20.1 Å². The molecule has 0 amide bonds. The number of thiazole rings is 1. The summed E-state index contributed by atoms with van der Waals surface area (Å²) in [5.74, 6) is -2.39. The van der Waals surface area contributed by atoms with E-state index in [9.17, 15) is 24.9 Å². The first-order valence-corrected chi connectivity index (χ1v) is 15.4. The normalized spacial score (nSPS) is 30.0. The van der Waals surface area contributed by atoms with Crippen LogP contribution in [0.25, 0.3) is 6.08 Å². The summed E-state index contributed by atoms with van der Waals surface area (Å²) < 4.78 is 5.78. The number of aliphatic hydroxyl groups excluding tert-OH is 3. The predicted octanol–water partition coefficient (Wildman–Crippen LogP) is 7.06. The molecule has 0 spiro atoms. The van der Waals surface area contributed by atoms with Gasteiger partial charge in [0.15, 0.2) is 0 Å². The van der Waals surface area contributed by atoms with Crippen molar-refractivity contribution in [3.8, 4) is 0 Å². The number of hydrogen-bond donors (Lipinski definition) is 3. The number of ether oxygens (including phenoxy) is 1. The highest BCUT2D eigenvalue weighted by molar-refractivity contribution is 7.09. The van der Waals surface area contributed by atoms with Crippen LogP contribution in [0.2, 0.25) is 0 Å². The summed E-state index contributed by atoms with van der Waals surface area (Å²) in [7, 11) is 0. The van der Waals surface area contributed by atoms with Gasteiger partial charge >= 0.3 is 5.97 Å². The van der Waals surface area contributed by atoms with Gasteiger partial charge in [-0.3, -0.25) is 9.59 Å². The molecule has 3 N–H and O–H groups in total. The summed E-state index contributed by atoms with van der Waals surface area (Å²) in [6.45, 7) is 18.9. The molecule has 7 atom stereocenters.